The first-order valence-electron chi connectivity index (χ1n) is 8.12. The molecular weight excluding hydrogens is 347 g/mol. The van der Waals surface area contributed by atoms with Crippen molar-refractivity contribution >= 4 is 5.69 Å². The predicted octanol–water partition coefficient (Wildman–Crippen LogP) is 4.87. The molecule has 0 aromatic heterocycles. The standard InChI is InChI=1S/C21H15FN2O3/c1-27-20-10-7-15(11-14-5-8-17(22)9-6-14)19(13-23)21(20)16-3-2-4-18(12-16)24(25)26/h2-10,12H,11H2,1H3. The van der Waals surface area contributed by atoms with Gasteiger partial charge in [-0.2, -0.15) is 5.26 Å². The summed E-state index contributed by atoms with van der Waals surface area (Å²) in [6.45, 7) is 0. The smallest absolute Gasteiger partial charge is 0.270 e. The van der Waals surface area contributed by atoms with E-state index in [2.05, 4.69) is 6.07 Å². The van der Waals surface area contributed by atoms with Gasteiger partial charge in [-0.25, -0.2) is 4.39 Å². The lowest BCUT2D eigenvalue weighted by Crippen LogP contribution is -1.99. The van der Waals surface area contributed by atoms with Crippen LogP contribution in [0, 0.1) is 27.3 Å². The fraction of sp³-hybridized carbons (Fsp3) is 0.0952. The second-order valence-electron chi connectivity index (χ2n) is 5.90. The molecule has 3 aromatic carbocycles. The maximum absolute atomic E-state index is 13.1. The van der Waals surface area contributed by atoms with Gasteiger partial charge in [0.25, 0.3) is 5.69 Å². The fourth-order valence-corrected chi connectivity index (χ4v) is 2.96. The first kappa shape index (κ1) is 18.1. The molecule has 0 aliphatic rings. The Labute approximate surface area is 155 Å². The van der Waals surface area contributed by atoms with Crippen molar-refractivity contribution in [2.75, 3.05) is 7.11 Å². The molecule has 0 fully saturated rings. The third-order valence-corrected chi connectivity index (χ3v) is 4.24. The normalized spacial score (nSPS) is 10.3. The summed E-state index contributed by atoms with van der Waals surface area (Å²) in [5, 5.41) is 20.9. The highest BCUT2D eigenvalue weighted by molar-refractivity contribution is 5.79. The van der Waals surface area contributed by atoms with Crippen LogP contribution in [0.4, 0.5) is 10.1 Å². The molecule has 0 heterocycles. The lowest BCUT2D eigenvalue weighted by molar-refractivity contribution is -0.384. The Balaban J connectivity index is 2.15. The Hall–Kier alpha value is -3.72. The monoisotopic (exact) mass is 362 g/mol. The molecule has 0 aliphatic heterocycles. The van der Waals surface area contributed by atoms with E-state index in [1.807, 2.05) is 0 Å². The number of hydrogen-bond acceptors (Lipinski definition) is 4. The van der Waals surface area contributed by atoms with Crippen LogP contribution >= 0.6 is 0 Å². The molecule has 27 heavy (non-hydrogen) atoms. The van der Waals surface area contributed by atoms with Crippen molar-refractivity contribution < 1.29 is 14.1 Å². The topological polar surface area (TPSA) is 76.2 Å². The van der Waals surface area contributed by atoms with Gasteiger partial charge in [-0.1, -0.05) is 30.3 Å². The molecular formula is C21H15FN2O3. The largest absolute Gasteiger partial charge is 0.496 e. The number of nitrogens with zero attached hydrogens (tertiary/aromatic N) is 2. The first-order valence-corrected chi connectivity index (χ1v) is 8.12. The van der Waals surface area contributed by atoms with Gasteiger partial charge in [0.15, 0.2) is 0 Å². The van der Waals surface area contributed by atoms with Crippen LogP contribution in [-0.2, 0) is 6.42 Å². The highest BCUT2D eigenvalue weighted by atomic mass is 19.1. The second-order valence-corrected chi connectivity index (χ2v) is 5.90. The summed E-state index contributed by atoms with van der Waals surface area (Å²) in [4.78, 5) is 10.6. The van der Waals surface area contributed by atoms with Crippen LogP contribution in [-0.4, -0.2) is 12.0 Å². The zero-order valence-electron chi connectivity index (χ0n) is 14.5. The van der Waals surface area contributed by atoms with E-state index in [-0.39, 0.29) is 11.5 Å². The number of rotatable bonds is 5. The minimum absolute atomic E-state index is 0.0672. The van der Waals surface area contributed by atoms with Gasteiger partial charge in [-0.3, -0.25) is 10.1 Å². The molecule has 134 valence electrons. The average molecular weight is 362 g/mol. The number of ether oxygens (including phenoxy) is 1. The molecule has 0 radical (unpaired) electrons. The molecule has 0 saturated carbocycles. The van der Waals surface area contributed by atoms with E-state index in [4.69, 9.17) is 4.74 Å². The lowest BCUT2D eigenvalue weighted by Gasteiger charge is -2.14. The summed E-state index contributed by atoms with van der Waals surface area (Å²) in [5.74, 6) is 0.126. The number of hydrogen-bond donors (Lipinski definition) is 0. The van der Waals surface area contributed by atoms with Crippen molar-refractivity contribution in [2.24, 2.45) is 0 Å². The molecule has 0 amide bonds. The zero-order chi connectivity index (χ0) is 19.4. The Morgan fingerprint density at radius 1 is 1.15 bits per heavy atom. The van der Waals surface area contributed by atoms with Crippen molar-refractivity contribution in [3.05, 3.63) is 93.3 Å². The van der Waals surface area contributed by atoms with Crippen LogP contribution in [0.3, 0.4) is 0 Å². The van der Waals surface area contributed by atoms with Gasteiger partial charge < -0.3 is 4.74 Å². The summed E-state index contributed by atoms with van der Waals surface area (Å²) in [7, 11) is 1.48. The number of halogens is 1. The summed E-state index contributed by atoms with van der Waals surface area (Å²) in [6.07, 6.45) is 0.426. The van der Waals surface area contributed by atoms with Crippen LogP contribution in [0.2, 0.25) is 0 Å². The van der Waals surface area contributed by atoms with Gasteiger partial charge in [0, 0.05) is 17.7 Å². The molecule has 3 aromatic rings. The van der Waals surface area contributed by atoms with Crippen LogP contribution in [0.25, 0.3) is 11.1 Å². The van der Waals surface area contributed by atoms with E-state index >= 15 is 0 Å². The van der Waals surface area contributed by atoms with Crippen molar-refractivity contribution in [1.29, 1.82) is 5.26 Å². The van der Waals surface area contributed by atoms with Crippen molar-refractivity contribution in [1.82, 2.24) is 0 Å². The SMILES string of the molecule is COc1ccc(Cc2ccc(F)cc2)c(C#N)c1-c1cccc([N+](=O)[O-])c1. The Kier molecular flexibility index (Phi) is 5.13. The third-order valence-electron chi connectivity index (χ3n) is 4.24. The summed E-state index contributed by atoms with van der Waals surface area (Å²) >= 11 is 0. The second kappa shape index (κ2) is 7.67. The number of nitriles is 1. The number of benzene rings is 3. The Morgan fingerprint density at radius 3 is 2.52 bits per heavy atom. The Morgan fingerprint density at radius 2 is 1.89 bits per heavy atom. The predicted molar refractivity (Wildman–Crippen MR) is 99.0 cm³/mol. The number of non-ortho nitro benzene ring substituents is 1. The van der Waals surface area contributed by atoms with Crippen LogP contribution < -0.4 is 4.74 Å². The summed E-state index contributed by atoms with van der Waals surface area (Å²) in [6, 6.07) is 17.8. The quantitative estimate of drug-likeness (QED) is 0.479. The van der Waals surface area contributed by atoms with Gasteiger partial charge in [-0.05, 0) is 41.3 Å². The van der Waals surface area contributed by atoms with E-state index in [0.717, 1.165) is 11.1 Å². The lowest BCUT2D eigenvalue weighted by atomic mass is 9.91. The molecule has 6 heteroatoms. The fourth-order valence-electron chi connectivity index (χ4n) is 2.96. The highest BCUT2D eigenvalue weighted by Crippen LogP contribution is 2.37. The average Bonchev–Trinajstić information content (AvgIpc) is 2.69. The first-order chi connectivity index (χ1) is 13.0. The summed E-state index contributed by atoms with van der Waals surface area (Å²) < 4.78 is 18.5. The maximum atomic E-state index is 13.1. The van der Waals surface area contributed by atoms with Crippen LogP contribution in [0.15, 0.2) is 60.7 Å². The van der Waals surface area contributed by atoms with E-state index < -0.39 is 4.92 Å². The minimum Gasteiger partial charge on any atom is -0.496 e. The molecule has 0 bridgehead atoms. The molecule has 0 N–H and O–H groups in total. The van der Waals surface area contributed by atoms with Crippen molar-refractivity contribution in [3.63, 3.8) is 0 Å². The van der Waals surface area contributed by atoms with Gasteiger partial charge in [0.2, 0.25) is 0 Å². The number of nitro benzene ring substituents is 1. The zero-order valence-corrected chi connectivity index (χ0v) is 14.5. The maximum Gasteiger partial charge on any atom is 0.270 e. The molecule has 3 rings (SSSR count). The van der Waals surface area contributed by atoms with Gasteiger partial charge in [0.1, 0.15) is 17.6 Å². The van der Waals surface area contributed by atoms with Crippen molar-refractivity contribution in [2.45, 2.75) is 6.42 Å². The molecule has 5 nitrogen and oxygen atoms in total. The van der Waals surface area contributed by atoms with E-state index in [9.17, 15) is 19.8 Å². The van der Waals surface area contributed by atoms with E-state index in [0.29, 0.717) is 28.9 Å². The number of nitro groups is 1. The highest BCUT2D eigenvalue weighted by Gasteiger charge is 2.18. The molecule has 0 unspecified atom stereocenters. The van der Waals surface area contributed by atoms with Gasteiger partial charge >= 0.3 is 0 Å². The van der Waals surface area contributed by atoms with Crippen LogP contribution in [0.5, 0.6) is 5.75 Å². The minimum atomic E-state index is -0.482. The van der Waals surface area contributed by atoms with Crippen molar-refractivity contribution in [3.8, 4) is 22.9 Å². The molecule has 0 saturated heterocycles. The van der Waals surface area contributed by atoms with E-state index in [1.54, 1.807) is 36.4 Å². The summed E-state index contributed by atoms with van der Waals surface area (Å²) in [5.41, 5.74) is 2.91. The molecule has 0 spiro atoms. The van der Waals surface area contributed by atoms with Crippen LogP contribution in [0.1, 0.15) is 16.7 Å². The third kappa shape index (κ3) is 3.77. The van der Waals surface area contributed by atoms with E-state index in [1.165, 1.54) is 31.4 Å². The number of methoxy groups -OCH3 is 1. The van der Waals surface area contributed by atoms with Gasteiger partial charge in [-0.15, -0.1) is 0 Å². The Bertz CT molecular complexity index is 1040. The molecule has 0 atom stereocenters. The van der Waals surface area contributed by atoms with Gasteiger partial charge in [0.05, 0.1) is 17.6 Å². The molecule has 0 aliphatic carbocycles.